The van der Waals surface area contributed by atoms with Crippen molar-refractivity contribution in [3.8, 4) is 0 Å². The molecule has 1 aliphatic carbocycles. The molecule has 0 unspecified atom stereocenters. The number of aromatic nitrogens is 1. The van der Waals surface area contributed by atoms with Gasteiger partial charge in [0.05, 0.1) is 10.5 Å². The fourth-order valence-electron chi connectivity index (χ4n) is 2.87. The zero-order valence-electron chi connectivity index (χ0n) is 12.6. The highest BCUT2D eigenvalue weighted by Gasteiger charge is 2.16. The summed E-state index contributed by atoms with van der Waals surface area (Å²) in [5, 5.41) is 1.44. The van der Waals surface area contributed by atoms with Gasteiger partial charge in [0.2, 0.25) is 0 Å². The Hall–Kier alpha value is -2.40. The lowest BCUT2D eigenvalue weighted by Gasteiger charge is -2.16. The molecule has 23 heavy (non-hydrogen) atoms. The average molecular weight is 329 g/mol. The van der Waals surface area contributed by atoms with Gasteiger partial charge in [-0.15, -0.1) is 0 Å². The molecule has 0 atom stereocenters. The number of allylic oxidation sites excluding steroid dienone is 2. The second-order valence-electron chi connectivity index (χ2n) is 5.53. The Balaban J connectivity index is 2.18. The molecular formula is C17H17ClN4O. The van der Waals surface area contributed by atoms with Crippen LogP contribution in [0.4, 0.5) is 0 Å². The maximum absolute atomic E-state index is 12.1. The first-order valence-corrected chi connectivity index (χ1v) is 7.85. The minimum Gasteiger partial charge on any atom is -0.370 e. The monoisotopic (exact) mass is 328 g/mol. The van der Waals surface area contributed by atoms with Gasteiger partial charge in [-0.3, -0.25) is 9.78 Å². The molecule has 3 rings (SSSR count). The second kappa shape index (κ2) is 6.38. The van der Waals surface area contributed by atoms with E-state index < -0.39 is 5.91 Å². The Bertz CT molecular complexity index is 838. The lowest BCUT2D eigenvalue weighted by Crippen LogP contribution is -2.24. The molecule has 0 aliphatic heterocycles. The number of nitrogens with zero attached hydrogens (tertiary/aromatic N) is 2. The van der Waals surface area contributed by atoms with Gasteiger partial charge in [-0.2, -0.15) is 4.99 Å². The van der Waals surface area contributed by atoms with E-state index in [2.05, 4.69) is 16.1 Å². The number of rotatable bonds is 2. The lowest BCUT2D eigenvalue weighted by molar-refractivity contribution is 0.100. The molecule has 1 aliphatic rings. The van der Waals surface area contributed by atoms with Crippen molar-refractivity contribution in [3.05, 3.63) is 46.6 Å². The highest BCUT2D eigenvalue weighted by molar-refractivity contribution is 6.33. The van der Waals surface area contributed by atoms with Crippen LogP contribution in [0.3, 0.4) is 0 Å². The van der Waals surface area contributed by atoms with E-state index in [9.17, 15) is 4.79 Å². The lowest BCUT2D eigenvalue weighted by atomic mass is 9.91. The van der Waals surface area contributed by atoms with Crippen LogP contribution in [-0.4, -0.2) is 16.9 Å². The molecule has 0 radical (unpaired) electrons. The van der Waals surface area contributed by atoms with E-state index in [4.69, 9.17) is 23.1 Å². The third-order valence-electron chi connectivity index (χ3n) is 3.91. The molecule has 0 saturated heterocycles. The van der Waals surface area contributed by atoms with Crippen molar-refractivity contribution in [2.45, 2.75) is 25.7 Å². The molecule has 0 fully saturated rings. The summed E-state index contributed by atoms with van der Waals surface area (Å²) in [7, 11) is 0. The van der Waals surface area contributed by atoms with Crippen molar-refractivity contribution in [2.75, 3.05) is 0 Å². The molecule has 1 heterocycles. The number of hydrogen-bond acceptors (Lipinski definition) is 2. The van der Waals surface area contributed by atoms with Crippen LogP contribution in [0, 0.1) is 0 Å². The van der Waals surface area contributed by atoms with Gasteiger partial charge >= 0.3 is 0 Å². The van der Waals surface area contributed by atoms with Gasteiger partial charge in [0.15, 0.2) is 5.96 Å². The number of amides is 1. The van der Waals surface area contributed by atoms with Crippen LogP contribution in [0.1, 0.15) is 41.6 Å². The molecule has 1 amide bonds. The first-order chi connectivity index (χ1) is 11.1. The van der Waals surface area contributed by atoms with Crippen molar-refractivity contribution in [3.63, 3.8) is 0 Å². The minimum atomic E-state index is -0.476. The van der Waals surface area contributed by atoms with Crippen LogP contribution in [0.15, 0.2) is 35.5 Å². The fourth-order valence-corrected chi connectivity index (χ4v) is 3.15. The van der Waals surface area contributed by atoms with Crippen LogP contribution in [-0.2, 0) is 0 Å². The Morgan fingerprint density at radius 3 is 2.78 bits per heavy atom. The zero-order valence-corrected chi connectivity index (χ0v) is 13.3. The molecule has 1 aromatic heterocycles. The van der Waals surface area contributed by atoms with Gasteiger partial charge in [0.25, 0.3) is 5.91 Å². The van der Waals surface area contributed by atoms with E-state index in [1.807, 2.05) is 0 Å². The van der Waals surface area contributed by atoms with Crippen molar-refractivity contribution in [1.82, 2.24) is 4.98 Å². The predicted molar refractivity (Wildman–Crippen MR) is 93.3 cm³/mol. The van der Waals surface area contributed by atoms with E-state index in [0.717, 1.165) is 35.7 Å². The van der Waals surface area contributed by atoms with Gasteiger partial charge in [0.1, 0.15) is 0 Å². The van der Waals surface area contributed by atoms with E-state index in [1.165, 1.54) is 12.0 Å². The van der Waals surface area contributed by atoms with Crippen molar-refractivity contribution in [1.29, 1.82) is 0 Å². The highest BCUT2D eigenvalue weighted by atomic mass is 35.5. The summed E-state index contributed by atoms with van der Waals surface area (Å²) in [6, 6.07) is 5.21. The summed E-state index contributed by atoms with van der Waals surface area (Å²) in [6.07, 6.45) is 8.23. The number of guanidine groups is 1. The molecule has 0 spiro atoms. The van der Waals surface area contributed by atoms with Gasteiger partial charge in [-0.1, -0.05) is 17.7 Å². The van der Waals surface area contributed by atoms with Crippen LogP contribution in [0.5, 0.6) is 0 Å². The number of carbonyl (C=O) groups excluding carboxylic acids is 1. The maximum Gasteiger partial charge on any atom is 0.280 e. The summed E-state index contributed by atoms with van der Waals surface area (Å²) >= 11 is 6.40. The smallest absolute Gasteiger partial charge is 0.280 e. The van der Waals surface area contributed by atoms with E-state index in [0.29, 0.717) is 10.6 Å². The number of carbonyl (C=O) groups is 1. The van der Waals surface area contributed by atoms with Crippen molar-refractivity contribution in [2.24, 2.45) is 16.5 Å². The van der Waals surface area contributed by atoms with Gasteiger partial charge in [-0.25, -0.2) is 0 Å². The largest absolute Gasteiger partial charge is 0.370 e. The summed E-state index contributed by atoms with van der Waals surface area (Å²) in [5.41, 5.74) is 13.9. The Labute approximate surface area is 139 Å². The van der Waals surface area contributed by atoms with Crippen LogP contribution < -0.4 is 11.5 Å². The standard InChI is InChI=1S/C17H17ClN4O/c18-13-9-21-14-7-6-11(16(23)22-17(19)20)8-12(14)15(13)10-4-2-1-3-5-10/h4,6-9H,1-3,5H2,(H4,19,20,22,23). The average Bonchev–Trinajstić information content (AvgIpc) is 2.54. The fraction of sp³-hybridized carbons (Fsp3) is 0.235. The normalized spacial score (nSPS) is 14.4. The van der Waals surface area contributed by atoms with E-state index in [1.54, 1.807) is 24.4 Å². The molecule has 5 nitrogen and oxygen atoms in total. The predicted octanol–water partition coefficient (Wildman–Crippen LogP) is 3.26. The first kappa shape index (κ1) is 15.5. The number of hydrogen-bond donors (Lipinski definition) is 2. The Kier molecular flexibility index (Phi) is 4.30. The number of pyridine rings is 1. The SMILES string of the molecule is NC(N)=NC(=O)c1ccc2ncc(Cl)c(C3=CCCCC3)c2c1. The van der Waals surface area contributed by atoms with E-state index >= 15 is 0 Å². The summed E-state index contributed by atoms with van der Waals surface area (Å²) < 4.78 is 0. The molecule has 0 bridgehead atoms. The second-order valence-corrected chi connectivity index (χ2v) is 5.94. The Morgan fingerprint density at radius 2 is 2.09 bits per heavy atom. The third-order valence-corrected chi connectivity index (χ3v) is 4.20. The summed E-state index contributed by atoms with van der Waals surface area (Å²) in [5.74, 6) is -0.732. The number of fused-ring (bicyclic) bond motifs is 1. The molecule has 118 valence electrons. The third kappa shape index (κ3) is 3.19. The zero-order chi connectivity index (χ0) is 16.4. The maximum atomic E-state index is 12.1. The number of benzene rings is 1. The Morgan fingerprint density at radius 1 is 1.26 bits per heavy atom. The molecule has 0 saturated carbocycles. The molecule has 4 N–H and O–H groups in total. The van der Waals surface area contributed by atoms with Crippen molar-refractivity contribution < 1.29 is 4.79 Å². The molecule has 6 heteroatoms. The topological polar surface area (TPSA) is 94.4 Å². The van der Waals surface area contributed by atoms with E-state index in [-0.39, 0.29) is 5.96 Å². The summed E-state index contributed by atoms with van der Waals surface area (Å²) in [6.45, 7) is 0. The number of aliphatic imine (C=N–C) groups is 1. The quantitative estimate of drug-likeness (QED) is 0.653. The van der Waals surface area contributed by atoms with Crippen LogP contribution in [0.25, 0.3) is 16.5 Å². The molecule has 1 aromatic carbocycles. The van der Waals surface area contributed by atoms with Gasteiger partial charge < -0.3 is 11.5 Å². The molecule has 2 aromatic rings. The summed E-state index contributed by atoms with van der Waals surface area (Å²) in [4.78, 5) is 20.0. The van der Waals surface area contributed by atoms with Crippen LogP contribution >= 0.6 is 11.6 Å². The van der Waals surface area contributed by atoms with Gasteiger partial charge in [0, 0.05) is 22.7 Å². The minimum absolute atomic E-state index is 0.255. The number of halogens is 1. The number of nitrogens with two attached hydrogens (primary N) is 2. The molecular weight excluding hydrogens is 312 g/mol. The highest BCUT2D eigenvalue weighted by Crippen LogP contribution is 2.36. The first-order valence-electron chi connectivity index (χ1n) is 7.48. The van der Waals surface area contributed by atoms with Gasteiger partial charge in [-0.05, 0) is 49.5 Å². The van der Waals surface area contributed by atoms with Crippen molar-refractivity contribution >= 4 is 39.9 Å². The van der Waals surface area contributed by atoms with Crippen LogP contribution in [0.2, 0.25) is 5.02 Å².